The van der Waals surface area contributed by atoms with E-state index in [1.54, 1.807) is 13.0 Å². The number of aromatic amines is 1. The number of hydrogen-bond acceptors (Lipinski definition) is 6. The third-order valence-corrected chi connectivity index (χ3v) is 5.11. The molecule has 0 radical (unpaired) electrons. The Morgan fingerprint density at radius 3 is 2.69 bits per heavy atom. The first-order valence-electron chi connectivity index (χ1n) is 10.1. The molecule has 10 heteroatoms. The molecule has 4 N–H and O–H groups in total. The average molecular weight is 437 g/mol. The van der Waals surface area contributed by atoms with Crippen LogP contribution in [0.4, 0.5) is 31.9 Å². The maximum absolute atomic E-state index is 14.5. The van der Waals surface area contributed by atoms with Crippen LogP contribution in [0.15, 0.2) is 30.3 Å². The standard InChI is InChI=1S/C22H21F2N7O/c1-11(14-5-6-16(23)19(8-14)27-12(2)32)26-21-15(10-25)7-17(24)22(29-21)28-20-9-18(30-31-20)13-3-4-13/h5-9,11,13H,3-4H2,1-2H3,(H,27,32)(H3,26,28,29,30,31). The van der Waals surface area contributed by atoms with Crippen LogP contribution in [0.1, 0.15) is 55.5 Å². The normalized spacial score (nSPS) is 13.8. The molecular weight excluding hydrogens is 416 g/mol. The van der Waals surface area contributed by atoms with Gasteiger partial charge in [-0.25, -0.2) is 13.8 Å². The van der Waals surface area contributed by atoms with Crippen molar-refractivity contribution >= 4 is 29.0 Å². The van der Waals surface area contributed by atoms with Gasteiger partial charge in [0, 0.05) is 24.6 Å². The minimum Gasteiger partial charge on any atom is -0.362 e. The van der Waals surface area contributed by atoms with E-state index in [1.165, 1.54) is 19.1 Å². The monoisotopic (exact) mass is 437 g/mol. The Hall–Kier alpha value is -4.00. The third kappa shape index (κ3) is 4.67. The molecule has 3 aromatic rings. The summed E-state index contributed by atoms with van der Waals surface area (Å²) < 4.78 is 28.5. The molecule has 0 aliphatic heterocycles. The number of carbonyl (C=O) groups excluding carboxylic acids is 1. The molecule has 2 aromatic heterocycles. The molecule has 1 atom stereocenters. The molecular formula is C22H21F2N7O. The lowest BCUT2D eigenvalue weighted by Crippen LogP contribution is -2.13. The Balaban J connectivity index is 1.57. The summed E-state index contributed by atoms with van der Waals surface area (Å²) in [5.74, 6) is -0.672. The Labute approximate surface area is 183 Å². The Morgan fingerprint density at radius 1 is 1.22 bits per heavy atom. The van der Waals surface area contributed by atoms with Crippen molar-refractivity contribution in [3.8, 4) is 6.07 Å². The highest BCUT2D eigenvalue weighted by molar-refractivity contribution is 5.88. The van der Waals surface area contributed by atoms with Gasteiger partial charge in [-0.2, -0.15) is 10.4 Å². The summed E-state index contributed by atoms with van der Waals surface area (Å²) >= 11 is 0. The maximum Gasteiger partial charge on any atom is 0.221 e. The van der Waals surface area contributed by atoms with Crippen molar-refractivity contribution in [1.29, 1.82) is 5.26 Å². The molecule has 1 aliphatic carbocycles. The number of nitrogens with zero attached hydrogens (tertiary/aromatic N) is 3. The Morgan fingerprint density at radius 2 is 2.00 bits per heavy atom. The van der Waals surface area contributed by atoms with Gasteiger partial charge in [-0.3, -0.25) is 9.89 Å². The van der Waals surface area contributed by atoms with Gasteiger partial charge in [-0.1, -0.05) is 6.07 Å². The lowest BCUT2D eigenvalue weighted by atomic mass is 10.1. The fourth-order valence-electron chi connectivity index (χ4n) is 3.28. The molecule has 8 nitrogen and oxygen atoms in total. The number of nitriles is 1. The number of H-pyrrole nitrogens is 1. The van der Waals surface area contributed by atoms with Crippen LogP contribution in [0.5, 0.6) is 0 Å². The second-order valence-electron chi connectivity index (χ2n) is 7.72. The van der Waals surface area contributed by atoms with Crippen LogP contribution < -0.4 is 16.0 Å². The molecule has 2 heterocycles. The van der Waals surface area contributed by atoms with Gasteiger partial charge in [0.15, 0.2) is 17.5 Å². The molecule has 1 aliphatic rings. The van der Waals surface area contributed by atoms with Gasteiger partial charge in [0.2, 0.25) is 5.91 Å². The lowest BCUT2D eigenvalue weighted by Gasteiger charge is -2.18. The van der Waals surface area contributed by atoms with Crippen LogP contribution in [-0.4, -0.2) is 21.1 Å². The van der Waals surface area contributed by atoms with E-state index in [-0.39, 0.29) is 22.9 Å². The number of anilines is 4. The summed E-state index contributed by atoms with van der Waals surface area (Å²) in [7, 11) is 0. The van der Waals surface area contributed by atoms with Gasteiger partial charge >= 0.3 is 0 Å². The first-order chi connectivity index (χ1) is 15.3. The van der Waals surface area contributed by atoms with E-state index in [2.05, 4.69) is 31.1 Å². The Kier molecular flexibility index (Phi) is 5.73. The summed E-state index contributed by atoms with van der Waals surface area (Å²) in [6.07, 6.45) is 2.20. The van der Waals surface area contributed by atoms with E-state index in [9.17, 15) is 18.8 Å². The van der Waals surface area contributed by atoms with Gasteiger partial charge in [0.25, 0.3) is 0 Å². The second-order valence-corrected chi connectivity index (χ2v) is 7.72. The number of amides is 1. The number of hydrogen-bond donors (Lipinski definition) is 4. The zero-order valence-electron chi connectivity index (χ0n) is 17.5. The molecule has 1 saturated carbocycles. The number of nitrogens with one attached hydrogen (secondary N) is 4. The molecule has 1 fully saturated rings. The van der Waals surface area contributed by atoms with Gasteiger partial charge in [0.1, 0.15) is 17.7 Å². The van der Waals surface area contributed by atoms with E-state index in [0.717, 1.165) is 24.6 Å². The molecule has 0 spiro atoms. The average Bonchev–Trinajstić information content (AvgIpc) is 3.50. The van der Waals surface area contributed by atoms with Crippen LogP contribution >= 0.6 is 0 Å². The SMILES string of the molecule is CC(=O)Nc1cc(C(C)Nc2nc(Nc3cc(C4CC4)[nH]n3)c(F)cc2C#N)ccc1F. The maximum atomic E-state index is 14.5. The van der Waals surface area contributed by atoms with E-state index < -0.39 is 23.6 Å². The van der Waals surface area contributed by atoms with Crippen molar-refractivity contribution in [1.82, 2.24) is 15.2 Å². The van der Waals surface area contributed by atoms with Gasteiger partial charge in [-0.15, -0.1) is 0 Å². The first kappa shape index (κ1) is 21.2. The minimum atomic E-state index is -0.689. The van der Waals surface area contributed by atoms with Crippen LogP contribution in [-0.2, 0) is 4.79 Å². The van der Waals surface area contributed by atoms with Crippen molar-refractivity contribution in [2.24, 2.45) is 0 Å². The van der Waals surface area contributed by atoms with Crippen molar-refractivity contribution in [2.75, 3.05) is 16.0 Å². The van der Waals surface area contributed by atoms with Crippen LogP contribution in [0, 0.1) is 23.0 Å². The second kappa shape index (κ2) is 8.63. The van der Waals surface area contributed by atoms with Gasteiger partial charge in [0.05, 0.1) is 17.3 Å². The molecule has 4 rings (SSSR count). The smallest absolute Gasteiger partial charge is 0.221 e. The molecule has 0 bridgehead atoms. The fourth-order valence-corrected chi connectivity index (χ4v) is 3.28. The van der Waals surface area contributed by atoms with E-state index >= 15 is 0 Å². The lowest BCUT2D eigenvalue weighted by molar-refractivity contribution is -0.114. The van der Waals surface area contributed by atoms with Crippen LogP contribution in [0.25, 0.3) is 0 Å². The predicted molar refractivity (Wildman–Crippen MR) is 115 cm³/mol. The van der Waals surface area contributed by atoms with Crippen molar-refractivity contribution in [2.45, 2.75) is 38.6 Å². The van der Waals surface area contributed by atoms with E-state index in [1.807, 2.05) is 12.1 Å². The number of rotatable bonds is 7. The molecule has 1 aromatic carbocycles. The summed E-state index contributed by atoms with van der Waals surface area (Å²) in [5, 5.41) is 24.8. The summed E-state index contributed by atoms with van der Waals surface area (Å²) in [4.78, 5) is 15.5. The fraction of sp³-hybridized carbons (Fsp3) is 0.273. The van der Waals surface area contributed by atoms with E-state index in [4.69, 9.17) is 0 Å². The topological polar surface area (TPSA) is 119 Å². The molecule has 164 valence electrons. The minimum absolute atomic E-state index is 0.0183. The number of benzene rings is 1. The highest BCUT2D eigenvalue weighted by atomic mass is 19.1. The molecule has 1 amide bonds. The number of pyridine rings is 1. The van der Waals surface area contributed by atoms with Gasteiger partial charge < -0.3 is 16.0 Å². The van der Waals surface area contributed by atoms with Crippen molar-refractivity contribution in [3.63, 3.8) is 0 Å². The molecule has 32 heavy (non-hydrogen) atoms. The Bertz CT molecular complexity index is 1210. The van der Waals surface area contributed by atoms with Crippen molar-refractivity contribution in [3.05, 3.63) is 58.8 Å². The number of halogens is 2. The zero-order chi connectivity index (χ0) is 22.8. The van der Waals surface area contributed by atoms with Crippen LogP contribution in [0.3, 0.4) is 0 Å². The summed E-state index contributed by atoms with van der Waals surface area (Å²) in [5.41, 5.74) is 1.69. The third-order valence-electron chi connectivity index (χ3n) is 5.11. The zero-order valence-corrected chi connectivity index (χ0v) is 17.5. The summed E-state index contributed by atoms with van der Waals surface area (Å²) in [6.45, 7) is 3.07. The number of aromatic nitrogens is 3. The molecule has 1 unspecified atom stereocenters. The van der Waals surface area contributed by atoms with E-state index in [0.29, 0.717) is 17.3 Å². The largest absolute Gasteiger partial charge is 0.362 e. The van der Waals surface area contributed by atoms with Crippen LogP contribution in [0.2, 0.25) is 0 Å². The molecule has 0 saturated heterocycles. The predicted octanol–water partition coefficient (Wildman–Crippen LogP) is 4.71. The van der Waals surface area contributed by atoms with Crippen molar-refractivity contribution < 1.29 is 13.6 Å². The first-order valence-corrected chi connectivity index (χ1v) is 10.1. The summed E-state index contributed by atoms with van der Waals surface area (Å²) in [6, 6.07) is 8.69. The quantitative estimate of drug-likeness (QED) is 0.425. The highest BCUT2D eigenvalue weighted by Gasteiger charge is 2.26. The highest BCUT2D eigenvalue weighted by Crippen LogP contribution is 2.39. The van der Waals surface area contributed by atoms with Gasteiger partial charge in [-0.05, 0) is 43.5 Å². The number of carbonyl (C=O) groups is 1.